The largest absolute Gasteiger partial charge is 0.321 e. The molecule has 2 N–H and O–H groups in total. The second kappa shape index (κ2) is 6.81. The minimum Gasteiger partial charge on any atom is -0.321 e. The van der Waals surface area contributed by atoms with Gasteiger partial charge in [0.05, 0.1) is 5.52 Å². The average Bonchev–Trinajstić information content (AvgIpc) is 3.16. The van der Waals surface area contributed by atoms with Gasteiger partial charge in [-0.1, -0.05) is 0 Å². The Hall–Kier alpha value is -2.25. The van der Waals surface area contributed by atoms with Crippen LogP contribution in [0.15, 0.2) is 30.5 Å². The number of carbonyl (C=O) groups excluding carboxylic acids is 1. The maximum Gasteiger partial charge on any atom is 0.268 e. The highest BCUT2D eigenvalue weighted by atomic mass is 32.1. The van der Waals surface area contributed by atoms with E-state index in [0.29, 0.717) is 17.6 Å². The first-order valence-corrected chi connectivity index (χ1v) is 9.58. The third-order valence-electron chi connectivity index (χ3n) is 4.82. The van der Waals surface area contributed by atoms with Crippen LogP contribution in [0.4, 0.5) is 10.1 Å². The molecule has 0 aliphatic carbocycles. The minimum atomic E-state index is -0.437. The van der Waals surface area contributed by atoms with E-state index >= 15 is 0 Å². The molecule has 0 saturated carbocycles. The lowest BCUT2D eigenvalue weighted by Crippen LogP contribution is -2.34. The van der Waals surface area contributed by atoms with Crippen molar-refractivity contribution in [3.8, 4) is 0 Å². The number of halogens is 1. The van der Waals surface area contributed by atoms with E-state index < -0.39 is 11.7 Å². The van der Waals surface area contributed by atoms with Crippen molar-refractivity contribution in [1.82, 2.24) is 15.1 Å². The quantitative estimate of drug-likeness (QED) is 0.733. The van der Waals surface area contributed by atoms with E-state index in [1.54, 1.807) is 10.7 Å². The number of carbonyl (C=O) groups is 1. The molecule has 1 aromatic carbocycles. The minimum absolute atomic E-state index is 0.146. The van der Waals surface area contributed by atoms with Crippen molar-refractivity contribution in [3.63, 3.8) is 0 Å². The van der Waals surface area contributed by atoms with Crippen molar-refractivity contribution < 1.29 is 9.18 Å². The van der Waals surface area contributed by atoms with E-state index in [9.17, 15) is 9.18 Å². The van der Waals surface area contributed by atoms with E-state index in [0.717, 1.165) is 35.2 Å². The molecule has 0 radical (unpaired) electrons. The number of fused-ring (bicyclic) bond motifs is 1. The summed E-state index contributed by atoms with van der Waals surface area (Å²) >= 11 is 1.27. The van der Waals surface area contributed by atoms with Gasteiger partial charge in [0.15, 0.2) is 0 Å². The smallest absolute Gasteiger partial charge is 0.268 e. The lowest BCUT2D eigenvalue weighted by Gasteiger charge is -2.27. The number of anilines is 1. The Morgan fingerprint density at radius 2 is 2.27 bits per heavy atom. The number of nitrogens with one attached hydrogen (secondary N) is 2. The van der Waals surface area contributed by atoms with Crippen LogP contribution in [0, 0.1) is 5.82 Å². The van der Waals surface area contributed by atoms with E-state index in [1.807, 2.05) is 25.4 Å². The fourth-order valence-electron chi connectivity index (χ4n) is 3.54. The number of hydrogen-bond donors (Lipinski definition) is 2. The summed E-state index contributed by atoms with van der Waals surface area (Å²) in [4.78, 5) is 13.7. The van der Waals surface area contributed by atoms with Crippen LogP contribution in [0.5, 0.6) is 0 Å². The van der Waals surface area contributed by atoms with Crippen LogP contribution in [-0.2, 0) is 7.05 Å². The maximum atomic E-state index is 14.4. The van der Waals surface area contributed by atoms with Crippen LogP contribution >= 0.6 is 11.3 Å². The molecule has 1 amide bonds. The molecule has 5 nitrogen and oxygen atoms in total. The highest BCUT2D eigenvalue weighted by Crippen LogP contribution is 2.34. The number of aryl methyl sites for hydroxylation is 1. The number of rotatable bonds is 3. The van der Waals surface area contributed by atoms with Crippen molar-refractivity contribution in [2.75, 3.05) is 11.9 Å². The number of thiophene rings is 1. The van der Waals surface area contributed by atoms with Gasteiger partial charge in [-0.05, 0) is 56.5 Å². The number of benzene rings is 1. The molecule has 2 atom stereocenters. The Kier molecular flexibility index (Phi) is 4.50. The topological polar surface area (TPSA) is 59.0 Å². The fraction of sp³-hybridized carbons (Fsp3) is 0.368. The van der Waals surface area contributed by atoms with Crippen molar-refractivity contribution in [1.29, 1.82) is 0 Å². The van der Waals surface area contributed by atoms with Gasteiger partial charge in [-0.15, -0.1) is 11.3 Å². The molecule has 1 aliphatic heterocycles. The first-order chi connectivity index (χ1) is 12.5. The van der Waals surface area contributed by atoms with Crippen LogP contribution in [0.25, 0.3) is 10.9 Å². The Morgan fingerprint density at radius 3 is 3.08 bits per heavy atom. The molecule has 0 spiro atoms. The summed E-state index contributed by atoms with van der Waals surface area (Å²) in [5.74, 6) is -0.527. The van der Waals surface area contributed by atoms with Crippen LogP contribution in [-0.4, -0.2) is 28.3 Å². The van der Waals surface area contributed by atoms with Crippen molar-refractivity contribution in [2.24, 2.45) is 7.05 Å². The van der Waals surface area contributed by atoms with Gasteiger partial charge < -0.3 is 10.6 Å². The van der Waals surface area contributed by atoms with Crippen molar-refractivity contribution >= 4 is 33.8 Å². The van der Waals surface area contributed by atoms with Gasteiger partial charge in [0, 0.05) is 35.2 Å². The summed E-state index contributed by atoms with van der Waals surface area (Å²) in [7, 11) is 1.85. The number of amides is 1. The molecule has 0 bridgehead atoms. The Labute approximate surface area is 155 Å². The monoisotopic (exact) mass is 372 g/mol. The van der Waals surface area contributed by atoms with Crippen LogP contribution < -0.4 is 10.6 Å². The molecular formula is C19H21FN4OS. The zero-order chi connectivity index (χ0) is 18.3. The summed E-state index contributed by atoms with van der Waals surface area (Å²) in [6.45, 7) is 3.06. The average molecular weight is 372 g/mol. The predicted molar refractivity (Wildman–Crippen MR) is 102 cm³/mol. The highest BCUT2D eigenvalue weighted by molar-refractivity contribution is 7.14. The summed E-state index contributed by atoms with van der Waals surface area (Å²) in [5.41, 5.74) is 1.41. The van der Waals surface area contributed by atoms with Crippen molar-refractivity contribution in [2.45, 2.75) is 31.7 Å². The fourth-order valence-corrected chi connectivity index (χ4v) is 4.62. The van der Waals surface area contributed by atoms with Crippen molar-refractivity contribution in [3.05, 3.63) is 46.0 Å². The predicted octanol–water partition coefficient (Wildman–Crippen LogP) is 3.88. The van der Waals surface area contributed by atoms with E-state index in [1.165, 1.54) is 17.4 Å². The first-order valence-electron chi connectivity index (χ1n) is 8.77. The van der Waals surface area contributed by atoms with Crippen LogP contribution in [0.1, 0.15) is 40.2 Å². The molecule has 136 valence electrons. The maximum absolute atomic E-state index is 14.4. The molecule has 26 heavy (non-hydrogen) atoms. The molecule has 3 aromatic rings. The van der Waals surface area contributed by atoms with Gasteiger partial charge >= 0.3 is 0 Å². The number of piperidine rings is 1. The lowest BCUT2D eigenvalue weighted by atomic mass is 9.92. The van der Waals surface area contributed by atoms with Gasteiger partial charge in [-0.25, -0.2) is 4.39 Å². The zero-order valence-electron chi connectivity index (χ0n) is 14.8. The molecule has 4 rings (SSSR count). The normalized spacial score (nSPS) is 20.4. The van der Waals surface area contributed by atoms with Gasteiger partial charge in [0.25, 0.3) is 5.91 Å². The summed E-state index contributed by atoms with van der Waals surface area (Å²) in [6, 6.07) is 7.45. The van der Waals surface area contributed by atoms with E-state index in [4.69, 9.17) is 0 Å². The highest BCUT2D eigenvalue weighted by Gasteiger charge is 2.25. The number of aromatic nitrogens is 2. The molecule has 2 aromatic heterocycles. The Bertz CT molecular complexity index is 964. The Balaban J connectivity index is 1.53. The molecule has 1 saturated heterocycles. The Morgan fingerprint density at radius 1 is 1.42 bits per heavy atom. The summed E-state index contributed by atoms with van der Waals surface area (Å²) in [5, 5.41) is 11.5. The number of nitrogens with zero attached hydrogens (tertiary/aromatic N) is 2. The van der Waals surface area contributed by atoms with Gasteiger partial charge in [0.1, 0.15) is 10.7 Å². The molecule has 1 fully saturated rings. The van der Waals surface area contributed by atoms with Gasteiger partial charge in [-0.2, -0.15) is 5.10 Å². The summed E-state index contributed by atoms with van der Waals surface area (Å²) in [6.07, 6.45) is 3.85. The summed E-state index contributed by atoms with van der Waals surface area (Å²) < 4.78 is 16.1. The molecule has 1 aliphatic rings. The first kappa shape index (κ1) is 17.2. The van der Waals surface area contributed by atoms with E-state index in [2.05, 4.69) is 22.7 Å². The van der Waals surface area contributed by atoms with Crippen LogP contribution in [0.3, 0.4) is 0 Å². The lowest BCUT2D eigenvalue weighted by molar-refractivity contribution is 0.102. The van der Waals surface area contributed by atoms with Crippen LogP contribution in [0.2, 0.25) is 0 Å². The SMILES string of the molecule is CC1CC(c2cc(F)c(C(=O)Nc3ccc4cn(C)nc4c3)s2)CCN1. The standard InChI is InChI=1S/C19H21FN4OS/c1-11-7-12(5-6-21-11)17-9-15(20)18(26-17)19(25)22-14-4-3-13-10-24(2)23-16(13)8-14/h3-4,8-12,21H,5-7H2,1-2H3,(H,22,25). The number of hydrogen-bond acceptors (Lipinski definition) is 4. The zero-order valence-corrected chi connectivity index (χ0v) is 15.6. The second-order valence-corrected chi connectivity index (χ2v) is 8.02. The second-order valence-electron chi connectivity index (χ2n) is 6.93. The van der Waals surface area contributed by atoms with E-state index in [-0.39, 0.29) is 4.88 Å². The molecular weight excluding hydrogens is 351 g/mol. The third-order valence-corrected chi connectivity index (χ3v) is 6.09. The molecule has 7 heteroatoms. The molecule has 2 unspecified atom stereocenters. The van der Waals surface area contributed by atoms with Gasteiger partial charge in [0.2, 0.25) is 0 Å². The molecule has 3 heterocycles. The van der Waals surface area contributed by atoms with Gasteiger partial charge in [-0.3, -0.25) is 9.48 Å². The third kappa shape index (κ3) is 3.37.